The number of amides is 1. The zero-order valence-electron chi connectivity index (χ0n) is 17.8. The maximum absolute atomic E-state index is 12.7. The molecule has 0 bridgehead atoms. The molecule has 9 heteroatoms. The lowest BCUT2D eigenvalue weighted by Gasteiger charge is -2.33. The predicted molar refractivity (Wildman–Crippen MR) is 110 cm³/mol. The number of aryl methyl sites for hydroxylation is 2. The van der Waals surface area contributed by atoms with Crippen molar-refractivity contribution in [3.8, 4) is 0 Å². The summed E-state index contributed by atoms with van der Waals surface area (Å²) in [7, 11) is 1.77. The number of hydrogen-bond acceptors (Lipinski definition) is 7. The Kier molecular flexibility index (Phi) is 6.26. The van der Waals surface area contributed by atoms with Crippen LogP contribution < -0.4 is 5.56 Å². The van der Waals surface area contributed by atoms with Crippen LogP contribution in [0.15, 0.2) is 15.5 Å². The van der Waals surface area contributed by atoms with Gasteiger partial charge in [-0.15, -0.1) is 0 Å². The van der Waals surface area contributed by atoms with Crippen LogP contribution in [0.25, 0.3) is 0 Å². The largest absolute Gasteiger partial charge is 0.339 e. The standard InChI is InChI=1S/C21H30N6O3/c1-15-18(24-30-23-15)13-25(2)21(29)14-26-9-6-7-16(12-26)17-11-20(28)27-10-5-3-4-8-19(27)22-17/h11,16H,3-10,12-14H2,1-2H3. The summed E-state index contributed by atoms with van der Waals surface area (Å²) >= 11 is 0. The number of nitrogens with zero attached hydrogens (tertiary/aromatic N) is 6. The molecule has 2 aromatic rings. The van der Waals surface area contributed by atoms with E-state index in [0.717, 1.165) is 69.7 Å². The van der Waals surface area contributed by atoms with Gasteiger partial charge in [-0.1, -0.05) is 16.7 Å². The Labute approximate surface area is 176 Å². The fraction of sp³-hybridized carbons (Fsp3) is 0.667. The second-order valence-corrected chi connectivity index (χ2v) is 8.52. The smallest absolute Gasteiger partial charge is 0.253 e. The van der Waals surface area contributed by atoms with Gasteiger partial charge >= 0.3 is 0 Å². The van der Waals surface area contributed by atoms with E-state index in [4.69, 9.17) is 9.61 Å². The fourth-order valence-corrected chi connectivity index (χ4v) is 4.40. The zero-order valence-corrected chi connectivity index (χ0v) is 17.8. The van der Waals surface area contributed by atoms with E-state index in [2.05, 4.69) is 15.2 Å². The molecule has 1 saturated heterocycles. The maximum atomic E-state index is 12.7. The second kappa shape index (κ2) is 9.07. The number of aromatic nitrogens is 4. The SMILES string of the molecule is Cc1nonc1CN(C)C(=O)CN1CCCC(c2cc(=O)n3c(n2)CCCCC3)C1. The average molecular weight is 415 g/mol. The quantitative estimate of drug-likeness (QED) is 0.731. The molecule has 1 fully saturated rings. The van der Waals surface area contributed by atoms with Crippen molar-refractivity contribution in [2.75, 3.05) is 26.7 Å². The van der Waals surface area contributed by atoms with Crippen molar-refractivity contribution < 1.29 is 9.42 Å². The van der Waals surface area contributed by atoms with Crippen molar-refractivity contribution in [1.82, 2.24) is 29.7 Å². The number of likely N-dealkylation sites (N-methyl/N-ethyl adjacent to an activating group) is 1. The Balaban J connectivity index is 1.40. The fourth-order valence-electron chi connectivity index (χ4n) is 4.40. The van der Waals surface area contributed by atoms with Gasteiger partial charge in [0, 0.05) is 38.5 Å². The number of rotatable bonds is 5. The molecule has 1 unspecified atom stereocenters. The van der Waals surface area contributed by atoms with E-state index < -0.39 is 0 Å². The molecule has 0 radical (unpaired) electrons. The van der Waals surface area contributed by atoms with Gasteiger partial charge in [-0.05, 0) is 39.2 Å². The van der Waals surface area contributed by atoms with Crippen molar-refractivity contribution >= 4 is 5.91 Å². The van der Waals surface area contributed by atoms with E-state index in [1.54, 1.807) is 18.0 Å². The van der Waals surface area contributed by atoms with Crippen LogP contribution in [0, 0.1) is 6.92 Å². The molecule has 0 saturated carbocycles. The van der Waals surface area contributed by atoms with Crippen molar-refractivity contribution in [2.24, 2.45) is 0 Å². The van der Waals surface area contributed by atoms with Crippen LogP contribution >= 0.6 is 0 Å². The van der Waals surface area contributed by atoms with Crippen LogP contribution in [0.5, 0.6) is 0 Å². The molecule has 1 amide bonds. The molecular formula is C21H30N6O3. The van der Waals surface area contributed by atoms with E-state index in [1.807, 2.05) is 11.5 Å². The van der Waals surface area contributed by atoms with Crippen LogP contribution in [-0.4, -0.2) is 62.3 Å². The Morgan fingerprint density at radius 1 is 1.23 bits per heavy atom. The van der Waals surface area contributed by atoms with Crippen molar-refractivity contribution in [1.29, 1.82) is 0 Å². The number of carbonyl (C=O) groups excluding carboxylic acids is 1. The van der Waals surface area contributed by atoms with Crippen LogP contribution in [0.4, 0.5) is 0 Å². The lowest BCUT2D eigenvalue weighted by Crippen LogP contribution is -2.43. The van der Waals surface area contributed by atoms with Gasteiger partial charge in [-0.2, -0.15) is 0 Å². The molecule has 9 nitrogen and oxygen atoms in total. The summed E-state index contributed by atoms with van der Waals surface area (Å²) < 4.78 is 6.56. The van der Waals surface area contributed by atoms with E-state index >= 15 is 0 Å². The molecule has 2 aromatic heterocycles. The molecule has 0 aliphatic carbocycles. The third-order valence-corrected chi connectivity index (χ3v) is 6.23. The molecule has 1 atom stereocenters. The molecule has 2 aliphatic heterocycles. The molecule has 4 rings (SSSR count). The topological polar surface area (TPSA) is 97.4 Å². The van der Waals surface area contributed by atoms with Crippen molar-refractivity contribution in [3.05, 3.63) is 39.3 Å². The van der Waals surface area contributed by atoms with E-state index in [0.29, 0.717) is 24.5 Å². The summed E-state index contributed by atoms with van der Waals surface area (Å²) in [5, 5.41) is 7.62. The van der Waals surface area contributed by atoms with Crippen LogP contribution in [-0.2, 0) is 24.3 Å². The Morgan fingerprint density at radius 3 is 2.90 bits per heavy atom. The molecule has 4 heterocycles. The van der Waals surface area contributed by atoms with Gasteiger partial charge in [0.2, 0.25) is 5.91 Å². The minimum atomic E-state index is 0.0352. The third-order valence-electron chi connectivity index (χ3n) is 6.23. The Bertz CT molecular complexity index is 952. The van der Waals surface area contributed by atoms with Crippen LogP contribution in [0.3, 0.4) is 0 Å². The van der Waals surface area contributed by atoms with E-state index in [-0.39, 0.29) is 17.4 Å². The number of hydrogen-bond donors (Lipinski definition) is 0. The molecule has 30 heavy (non-hydrogen) atoms. The van der Waals surface area contributed by atoms with Gasteiger partial charge in [0.15, 0.2) is 0 Å². The molecule has 162 valence electrons. The number of piperidine rings is 1. The van der Waals surface area contributed by atoms with Gasteiger partial charge in [0.05, 0.1) is 18.8 Å². The van der Waals surface area contributed by atoms with Gasteiger partial charge < -0.3 is 4.90 Å². The summed E-state index contributed by atoms with van der Waals surface area (Å²) in [5.41, 5.74) is 2.34. The minimum absolute atomic E-state index is 0.0352. The second-order valence-electron chi connectivity index (χ2n) is 8.52. The monoisotopic (exact) mass is 414 g/mol. The Hall–Kier alpha value is -2.55. The number of fused-ring (bicyclic) bond motifs is 1. The lowest BCUT2D eigenvalue weighted by atomic mass is 9.94. The van der Waals surface area contributed by atoms with Crippen LogP contribution in [0.1, 0.15) is 60.9 Å². The lowest BCUT2D eigenvalue weighted by molar-refractivity contribution is -0.132. The first-order valence-electron chi connectivity index (χ1n) is 10.9. The highest BCUT2D eigenvalue weighted by molar-refractivity contribution is 5.78. The highest BCUT2D eigenvalue weighted by Gasteiger charge is 2.26. The van der Waals surface area contributed by atoms with Gasteiger partial charge in [0.25, 0.3) is 5.56 Å². The molecule has 0 aromatic carbocycles. The van der Waals surface area contributed by atoms with Crippen molar-refractivity contribution in [3.63, 3.8) is 0 Å². The predicted octanol–water partition coefficient (Wildman–Crippen LogP) is 1.50. The van der Waals surface area contributed by atoms with Gasteiger partial charge in [-0.3, -0.25) is 19.1 Å². The van der Waals surface area contributed by atoms with Crippen LogP contribution in [0.2, 0.25) is 0 Å². The summed E-state index contributed by atoms with van der Waals surface area (Å²) in [4.78, 5) is 34.1. The third kappa shape index (κ3) is 4.61. The number of carbonyl (C=O) groups is 1. The van der Waals surface area contributed by atoms with Gasteiger partial charge in [-0.25, -0.2) is 9.61 Å². The number of likely N-dealkylation sites (tertiary alicyclic amines) is 1. The highest BCUT2D eigenvalue weighted by atomic mass is 16.6. The first-order chi connectivity index (χ1) is 14.5. The highest BCUT2D eigenvalue weighted by Crippen LogP contribution is 2.26. The maximum Gasteiger partial charge on any atom is 0.253 e. The molecule has 0 spiro atoms. The zero-order chi connectivity index (χ0) is 21.1. The van der Waals surface area contributed by atoms with Crippen molar-refractivity contribution in [2.45, 2.75) is 64.5 Å². The summed E-state index contributed by atoms with van der Waals surface area (Å²) in [5.74, 6) is 1.16. The summed E-state index contributed by atoms with van der Waals surface area (Å²) in [6, 6.07) is 1.72. The first kappa shape index (κ1) is 20.7. The molecule has 2 aliphatic rings. The normalized spacial score (nSPS) is 19.9. The molecular weight excluding hydrogens is 384 g/mol. The van der Waals surface area contributed by atoms with E-state index in [1.165, 1.54) is 0 Å². The Morgan fingerprint density at radius 2 is 2.10 bits per heavy atom. The van der Waals surface area contributed by atoms with Gasteiger partial charge in [0.1, 0.15) is 17.2 Å². The summed E-state index contributed by atoms with van der Waals surface area (Å²) in [6.07, 6.45) is 6.15. The molecule has 0 N–H and O–H groups in total. The summed E-state index contributed by atoms with van der Waals surface area (Å²) in [6.45, 7) is 4.95. The first-order valence-corrected chi connectivity index (χ1v) is 10.9. The average Bonchev–Trinajstić information content (AvgIpc) is 2.98. The van der Waals surface area contributed by atoms with E-state index in [9.17, 15) is 9.59 Å². The minimum Gasteiger partial charge on any atom is -0.339 e.